The average molecular weight is 417 g/mol. The van der Waals surface area contributed by atoms with E-state index in [-0.39, 0.29) is 11.6 Å². The van der Waals surface area contributed by atoms with Gasteiger partial charge in [0.2, 0.25) is 5.75 Å². The zero-order valence-electron chi connectivity index (χ0n) is 17.7. The molecule has 31 heavy (non-hydrogen) atoms. The lowest BCUT2D eigenvalue weighted by Crippen LogP contribution is -2.34. The van der Waals surface area contributed by atoms with E-state index in [1.54, 1.807) is 27.4 Å². The Morgan fingerprint density at radius 3 is 2.29 bits per heavy atom. The number of hydrogen-bond donors (Lipinski definition) is 0. The Balaban J connectivity index is 1.79. The molecular weight excluding hydrogens is 394 g/mol. The molecule has 1 heterocycles. The maximum atomic E-state index is 13.6. The van der Waals surface area contributed by atoms with E-state index in [0.717, 1.165) is 35.4 Å². The SMILES string of the molecule is COc1ccc([C@H]2C3=C(CCCC3=O)N=C3c4ccccc4C(=O)[C@H]32)c(OC)c1OC. The summed E-state index contributed by atoms with van der Waals surface area (Å²) < 4.78 is 16.8. The van der Waals surface area contributed by atoms with Crippen LogP contribution >= 0.6 is 0 Å². The Hall–Kier alpha value is -3.41. The first-order valence-corrected chi connectivity index (χ1v) is 10.4. The number of ketones is 2. The Kier molecular flexibility index (Phi) is 4.65. The van der Waals surface area contributed by atoms with Crippen molar-refractivity contribution in [2.24, 2.45) is 10.9 Å². The summed E-state index contributed by atoms with van der Waals surface area (Å²) in [5, 5.41) is 0. The van der Waals surface area contributed by atoms with E-state index < -0.39 is 11.8 Å². The fourth-order valence-corrected chi connectivity index (χ4v) is 5.15. The predicted molar refractivity (Wildman–Crippen MR) is 116 cm³/mol. The average Bonchev–Trinajstić information content (AvgIpc) is 3.09. The van der Waals surface area contributed by atoms with Crippen LogP contribution in [0.2, 0.25) is 0 Å². The number of carbonyl (C=O) groups is 2. The first kappa shape index (κ1) is 19.5. The van der Waals surface area contributed by atoms with Gasteiger partial charge in [-0.2, -0.15) is 0 Å². The molecule has 0 bridgehead atoms. The number of aliphatic imine (C=N–C) groups is 1. The van der Waals surface area contributed by atoms with E-state index in [1.807, 2.05) is 30.3 Å². The van der Waals surface area contributed by atoms with Crippen LogP contribution in [-0.2, 0) is 4.79 Å². The van der Waals surface area contributed by atoms with Crippen LogP contribution in [0, 0.1) is 5.92 Å². The normalized spacial score (nSPS) is 21.8. The second kappa shape index (κ2) is 7.38. The minimum Gasteiger partial charge on any atom is -0.493 e. The summed E-state index contributed by atoms with van der Waals surface area (Å²) in [6.07, 6.45) is 1.95. The molecule has 3 aliphatic rings. The van der Waals surface area contributed by atoms with E-state index in [1.165, 1.54) is 0 Å². The molecule has 0 unspecified atom stereocenters. The molecule has 0 fully saturated rings. The lowest BCUT2D eigenvalue weighted by molar-refractivity contribution is -0.116. The molecule has 2 aromatic rings. The molecule has 6 nitrogen and oxygen atoms in total. The van der Waals surface area contributed by atoms with Crippen molar-refractivity contribution in [1.29, 1.82) is 0 Å². The molecule has 0 radical (unpaired) electrons. The fraction of sp³-hybridized carbons (Fsp3) is 0.320. The third-order valence-corrected chi connectivity index (χ3v) is 6.44. The van der Waals surface area contributed by atoms with E-state index in [9.17, 15) is 9.59 Å². The van der Waals surface area contributed by atoms with E-state index in [0.29, 0.717) is 34.8 Å². The van der Waals surface area contributed by atoms with E-state index in [2.05, 4.69) is 0 Å². The Bertz CT molecular complexity index is 1180. The van der Waals surface area contributed by atoms with Crippen LogP contribution in [0.3, 0.4) is 0 Å². The zero-order chi connectivity index (χ0) is 21.7. The fourth-order valence-electron chi connectivity index (χ4n) is 5.15. The Morgan fingerprint density at radius 1 is 0.839 bits per heavy atom. The molecule has 0 saturated carbocycles. The van der Waals surface area contributed by atoms with Crippen molar-refractivity contribution in [2.45, 2.75) is 25.2 Å². The summed E-state index contributed by atoms with van der Waals surface area (Å²) in [5.74, 6) is 0.436. The third-order valence-electron chi connectivity index (χ3n) is 6.44. The largest absolute Gasteiger partial charge is 0.493 e. The van der Waals surface area contributed by atoms with Crippen LogP contribution in [0.4, 0.5) is 0 Å². The van der Waals surface area contributed by atoms with Crippen molar-refractivity contribution >= 4 is 17.3 Å². The molecule has 5 rings (SSSR count). The third kappa shape index (κ3) is 2.74. The predicted octanol–water partition coefficient (Wildman–Crippen LogP) is 4.12. The van der Waals surface area contributed by atoms with E-state index in [4.69, 9.17) is 19.2 Å². The number of benzene rings is 2. The monoisotopic (exact) mass is 417 g/mol. The number of fused-ring (bicyclic) bond motifs is 3. The quantitative estimate of drug-likeness (QED) is 0.748. The van der Waals surface area contributed by atoms with Gasteiger partial charge >= 0.3 is 0 Å². The topological polar surface area (TPSA) is 74.2 Å². The van der Waals surface area contributed by atoms with Gasteiger partial charge in [-0.25, -0.2) is 0 Å². The highest BCUT2D eigenvalue weighted by Crippen LogP contribution is 2.53. The van der Waals surface area contributed by atoms with Gasteiger partial charge in [0, 0.05) is 40.3 Å². The standard InChI is InChI=1S/C25H23NO5/c1-29-18-12-11-15(24(30-2)25(18)31-3)19-20-16(9-6-10-17(20)27)26-22-13-7-4-5-8-14(13)23(28)21(19)22/h4-5,7-8,11-12,19,21H,6,9-10H2,1-3H3/t19-,21-/m0/s1. The van der Waals surface area contributed by atoms with Crippen molar-refractivity contribution in [3.8, 4) is 17.2 Å². The number of ether oxygens (including phenoxy) is 3. The number of allylic oxidation sites excluding steroid dienone is 2. The zero-order valence-corrected chi connectivity index (χ0v) is 17.7. The van der Waals surface area contributed by atoms with Gasteiger partial charge in [-0.05, 0) is 18.9 Å². The second-order valence-electron chi connectivity index (χ2n) is 7.92. The lowest BCUT2D eigenvalue weighted by atomic mass is 9.71. The number of hydrogen-bond acceptors (Lipinski definition) is 6. The van der Waals surface area contributed by atoms with Gasteiger partial charge in [0.15, 0.2) is 23.1 Å². The maximum absolute atomic E-state index is 13.6. The first-order chi connectivity index (χ1) is 15.1. The van der Waals surface area contributed by atoms with Crippen molar-refractivity contribution < 1.29 is 23.8 Å². The van der Waals surface area contributed by atoms with Gasteiger partial charge in [0.25, 0.3) is 0 Å². The number of carbonyl (C=O) groups excluding carboxylic acids is 2. The van der Waals surface area contributed by atoms with Crippen LogP contribution in [0.1, 0.15) is 46.7 Å². The highest BCUT2D eigenvalue weighted by Gasteiger charge is 2.49. The number of rotatable bonds is 4. The molecule has 0 N–H and O–H groups in total. The number of Topliss-reactive ketones (excluding diaryl/α,β-unsaturated/α-hetero) is 2. The summed E-state index contributed by atoms with van der Waals surface area (Å²) >= 11 is 0. The van der Waals surface area contributed by atoms with Crippen LogP contribution in [0.25, 0.3) is 0 Å². The highest BCUT2D eigenvalue weighted by atomic mass is 16.5. The number of nitrogens with zero attached hydrogens (tertiary/aromatic N) is 1. The summed E-state index contributed by atoms with van der Waals surface area (Å²) in [6, 6.07) is 11.2. The van der Waals surface area contributed by atoms with E-state index >= 15 is 0 Å². The molecule has 2 aliphatic carbocycles. The molecule has 0 amide bonds. The minimum atomic E-state index is -0.565. The van der Waals surface area contributed by atoms with Gasteiger partial charge in [-0.1, -0.05) is 30.3 Å². The summed E-state index contributed by atoms with van der Waals surface area (Å²) in [6.45, 7) is 0. The number of methoxy groups -OCH3 is 3. The molecule has 0 saturated heterocycles. The second-order valence-corrected chi connectivity index (χ2v) is 7.92. The molecular formula is C25H23NO5. The minimum absolute atomic E-state index is 0.0129. The smallest absolute Gasteiger partial charge is 0.203 e. The molecule has 0 spiro atoms. The molecule has 6 heteroatoms. The molecule has 1 aliphatic heterocycles. The van der Waals surface area contributed by atoms with Gasteiger partial charge in [0.05, 0.1) is 33.0 Å². The van der Waals surface area contributed by atoms with Gasteiger partial charge in [-0.3, -0.25) is 14.6 Å². The van der Waals surface area contributed by atoms with Crippen molar-refractivity contribution in [2.75, 3.05) is 21.3 Å². The summed E-state index contributed by atoms with van der Waals surface area (Å²) in [4.78, 5) is 31.6. The molecule has 0 aromatic heterocycles. The van der Waals surface area contributed by atoms with Gasteiger partial charge in [-0.15, -0.1) is 0 Å². The van der Waals surface area contributed by atoms with Gasteiger partial charge < -0.3 is 14.2 Å². The highest BCUT2D eigenvalue weighted by molar-refractivity contribution is 6.30. The van der Waals surface area contributed by atoms with Crippen molar-refractivity contribution in [3.63, 3.8) is 0 Å². The van der Waals surface area contributed by atoms with Crippen molar-refractivity contribution in [3.05, 3.63) is 64.4 Å². The first-order valence-electron chi connectivity index (χ1n) is 10.4. The lowest BCUT2D eigenvalue weighted by Gasteiger charge is -2.34. The molecule has 158 valence electrons. The molecule has 2 aromatic carbocycles. The molecule has 2 atom stereocenters. The summed E-state index contributed by atoms with van der Waals surface area (Å²) in [7, 11) is 4.66. The van der Waals surface area contributed by atoms with Crippen LogP contribution in [0.5, 0.6) is 17.2 Å². The van der Waals surface area contributed by atoms with Crippen molar-refractivity contribution in [1.82, 2.24) is 0 Å². The van der Waals surface area contributed by atoms with Crippen LogP contribution in [-0.4, -0.2) is 38.6 Å². The Morgan fingerprint density at radius 2 is 1.58 bits per heavy atom. The van der Waals surface area contributed by atoms with Crippen LogP contribution < -0.4 is 14.2 Å². The van der Waals surface area contributed by atoms with Crippen LogP contribution in [0.15, 0.2) is 52.7 Å². The Labute approximate surface area is 180 Å². The van der Waals surface area contributed by atoms with Gasteiger partial charge in [0.1, 0.15) is 0 Å². The maximum Gasteiger partial charge on any atom is 0.203 e. The summed E-state index contributed by atoms with van der Waals surface area (Å²) in [5.41, 5.74) is 4.41.